The average molecular weight is 309 g/mol. The lowest BCUT2D eigenvalue weighted by Crippen LogP contribution is -2.04. The van der Waals surface area contributed by atoms with Crippen molar-refractivity contribution in [2.24, 2.45) is 0 Å². The van der Waals surface area contributed by atoms with Crippen molar-refractivity contribution in [3.05, 3.63) is 41.0 Å². The van der Waals surface area contributed by atoms with Crippen molar-refractivity contribution in [2.45, 2.75) is 6.54 Å². The first kappa shape index (κ1) is 15.3. The summed E-state index contributed by atoms with van der Waals surface area (Å²) in [4.78, 5) is 4.13. The number of pyridine rings is 1. The van der Waals surface area contributed by atoms with Crippen LogP contribution in [0.2, 0.25) is 5.02 Å². The normalized spacial score (nSPS) is 10.1. The molecule has 1 aromatic heterocycles. The number of anilines is 1. The summed E-state index contributed by atoms with van der Waals surface area (Å²) in [6.45, 7) is 0.515. The molecule has 1 N–H and O–H groups in total. The van der Waals surface area contributed by atoms with Crippen LogP contribution in [-0.2, 0) is 6.54 Å². The first-order valence-corrected chi connectivity index (χ1v) is 6.71. The third kappa shape index (κ3) is 3.31. The number of ether oxygens (including phenoxy) is 3. The Labute approximate surface area is 128 Å². The second-order valence-corrected chi connectivity index (χ2v) is 4.57. The molecule has 0 amide bonds. The third-order valence-electron chi connectivity index (χ3n) is 3.00. The van der Waals surface area contributed by atoms with Crippen molar-refractivity contribution >= 4 is 17.3 Å². The lowest BCUT2D eigenvalue weighted by molar-refractivity contribution is 0.355. The molecule has 112 valence electrons. The molecule has 6 heteroatoms. The quantitative estimate of drug-likeness (QED) is 0.886. The van der Waals surface area contributed by atoms with Crippen LogP contribution in [-0.4, -0.2) is 26.3 Å². The highest BCUT2D eigenvalue weighted by Crippen LogP contribution is 2.37. The molecule has 0 atom stereocenters. The molecule has 1 aromatic carbocycles. The summed E-state index contributed by atoms with van der Waals surface area (Å²) in [5.41, 5.74) is 1.69. The minimum absolute atomic E-state index is 0.515. The molecule has 21 heavy (non-hydrogen) atoms. The van der Waals surface area contributed by atoms with Crippen LogP contribution in [0.15, 0.2) is 30.5 Å². The highest BCUT2D eigenvalue weighted by atomic mass is 35.5. The Morgan fingerprint density at radius 1 is 1.10 bits per heavy atom. The van der Waals surface area contributed by atoms with Crippen molar-refractivity contribution < 1.29 is 14.2 Å². The second-order valence-electron chi connectivity index (χ2n) is 4.19. The molecule has 1 heterocycles. The molecule has 0 saturated heterocycles. The smallest absolute Gasteiger partial charge is 0.237 e. The maximum Gasteiger partial charge on any atom is 0.237 e. The Balaban J connectivity index is 2.20. The van der Waals surface area contributed by atoms with Gasteiger partial charge in [-0.3, -0.25) is 0 Å². The zero-order valence-corrected chi connectivity index (χ0v) is 12.9. The number of nitrogens with one attached hydrogen (secondary N) is 1. The summed E-state index contributed by atoms with van der Waals surface area (Å²) in [5, 5.41) is 3.76. The average Bonchev–Trinajstić information content (AvgIpc) is 2.53. The van der Waals surface area contributed by atoms with Gasteiger partial charge in [0.2, 0.25) is 5.88 Å². The summed E-state index contributed by atoms with van der Waals surface area (Å²) < 4.78 is 15.7. The van der Waals surface area contributed by atoms with Crippen LogP contribution in [0, 0.1) is 0 Å². The second kappa shape index (κ2) is 7.04. The van der Waals surface area contributed by atoms with Gasteiger partial charge < -0.3 is 19.5 Å². The summed E-state index contributed by atoms with van der Waals surface area (Å²) in [7, 11) is 4.72. The number of methoxy groups -OCH3 is 3. The number of benzene rings is 1. The molecular weight excluding hydrogens is 292 g/mol. The van der Waals surface area contributed by atoms with Gasteiger partial charge in [0.15, 0.2) is 11.5 Å². The molecule has 2 rings (SSSR count). The van der Waals surface area contributed by atoms with Crippen molar-refractivity contribution in [3.8, 4) is 17.4 Å². The molecule has 0 aliphatic rings. The zero-order valence-electron chi connectivity index (χ0n) is 12.1. The van der Waals surface area contributed by atoms with Crippen LogP contribution in [0.4, 0.5) is 5.69 Å². The number of hydrogen-bond donors (Lipinski definition) is 1. The predicted octanol–water partition coefficient (Wildman–Crippen LogP) is 3.37. The maximum absolute atomic E-state index is 6.34. The molecule has 0 aliphatic heterocycles. The molecule has 5 nitrogen and oxygen atoms in total. The Morgan fingerprint density at radius 3 is 2.57 bits per heavy atom. The lowest BCUT2D eigenvalue weighted by Gasteiger charge is -2.14. The minimum atomic E-state index is 0.515. The molecule has 2 aromatic rings. The van der Waals surface area contributed by atoms with Gasteiger partial charge in [-0.2, -0.15) is 0 Å². The van der Waals surface area contributed by atoms with Crippen LogP contribution in [0.3, 0.4) is 0 Å². The van der Waals surface area contributed by atoms with E-state index >= 15 is 0 Å². The van der Waals surface area contributed by atoms with E-state index in [4.69, 9.17) is 25.8 Å². The van der Waals surface area contributed by atoms with Gasteiger partial charge in [0.25, 0.3) is 0 Å². The van der Waals surface area contributed by atoms with Gasteiger partial charge in [-0.25, -0.2) is 4.98 Å². The van der Waals surface area contributed by atoms with E-state index in [-0.39, 0.29) is 0 Å². The van der Waals surface area contributed by atoms with Crippen LogP contribution < -0.4 is 19.5 Å². The number of hydrogen-bond acceptors (Lipinski definition) is 5. The lowest BCUT2D eigenvalue weighted by atomic mass is 10.2. The molecular formula is C15H17ClN2O3. The molecule has 0 fully saturated rings. The highest BCUT2D eigenvalue weighted by Gasteiger charge is 2.13. The fourth-order valence-corrected chi connectivity index (χ4v) is 2.25. The summed E-state index contributed by atoms with van der Waals surface area (Å²) in [6.07, 6.45) is 1.67. The van der Waals surface area contributed by atoms with Crippen LogP contribution in [0.25, 0.3) is 0 Å². The summed E-state index contributed by atoms with van der Waals surface area (Å²) in [5.74, 6) is 1.66. The van der Waals surface area contributed by atoms with Crippen molar-refractivity contribution in [1.29, 1.82) is 0 Å². The van der Waals surface area contributed by atoms with Gasteiger partial charge in [-0.1, -0.05) is 17.7 Å². The SMILES string of the molecule is COc1ccc(CNc2cccnc2OC)c(Cl)c1OC. The van der Waals surface area contributed by atoms with Gasteiger partial charge in [-0.05, 0) is 23.8 Å². The van der Waals surface area contributed by atoms with Gasteiger partial charge in [-0.15, -0.1) is 0 Å². The minimum Gasteiger partial charge on any atom is -0.493 e. The van der Waals surface area contributed by atoms with Gasteiger partial charge >= 0.3 is 0 Å². The van der Waals surface area contributed by atoms with Gasteiger partial charge in [0, 0.05) is 12.7 Å². The Hall–Kier alpha value is -2.14. The predicted molar refractivity (Wildman–Crippen MR) is 82.7 cm³/mol. The van der Waals surface area contributed by atoms with E-state index in [0.29, 0.717) is 28.9 Å². The van der Waals surface area contributed by atoms with Crippen LogP contribution >= 0.6 is 11.6 Å². The summed E-state index contributed by atoms with van der Waals surface area (Å²) >= 11 is 6.34. The van der Waals surface area contributed by atoms with Gasteiger partial charge in [0.05, 0.1) is 32.0 Å². The number of rotatable bonds is 6. The fourth-order valence-electron chi connectivity index (χ4n) is 1.95. The van der Waals surface area contributed by atoms with E-state index in [9.17, 15) is 0 Å². The zero-order chi connectivity index (χ0) is 15.2. The van der Waals surface area contributed by atoms with Crippen LogP contribution in [0.1, 0.15) is 5.56 Å². The number of halogens is 1. The van der Waals surface area contributed by atoms with Gasteiger partial charge in [0.1, 0.15) is 0 Å². The number of nitrogens with zero attached hydrogens (tertiary/aromatic N) is 1. The standard InChI is InChI=1S/C15H17ClN2O3/c1-19-12-7-6-10(13(16)14(12)20-2)9-18-11-5-4-8-17-15(11)21-3/h4-8,18H,9H2,1-3H3. The first-order chi connectivity index (χ1) is 10.2. The van der Waals surface area contributed by atoms with Crippen molar-refractivity contribution in [3.63, 3.8) is 0 Å². The van der Waals surface area contributed by atoms with Crippen molar-refractivity contribution in [2.75, 3.05) is 26.6 Å². The third-order valence-corrected chi connectivity index (χ3v) is 3.41. The van der Waals surface area contributed by atoms with Crippen molar-refractivity contribution in [1.82, 2.24) is 4.98 Å². The maximum atomic E-state index is 6.34. The van der Waals surface area contributed by atoms with E-state index in [2.05, 4.69) is 10.3 Å². The molecule has 0 spiro atoms. The number of aromatic nitrogens is 1. The molecule has 0 unspecified atom stereocenters. The van der Waals surface area contributed by atoms with E-state index in [0.717, 1.165) is 11.3 Å². The monoisotopic (exact) mass is 308 g/mol. The van der Waals surface area contributed by atoms with E-state index in [1.165, 1.54) is 0 Å². The molecule has 0 bridgehead atoms. The van der Waals surface area contributed by atoms with E-state index in [1.807, 2.05) is 24.3 Å². The topological polar surface area (TPSA) is 52.6 Å². The highest BCUT2D eigenvalue weighted by molar-refractivity contribution is 6.33. The molecule has 0 radical (unpaired) electrons. The first-order valence-electron chi connectivity index (χ1n) is 6.33. The Morgan fingerprint density at radius 2 is 1.90 bits per heavy atom. The largest absolute Gasteiger partial charge is 0.493 e. The van der Waals surface area contributed by atoms with Crippen LogP contribution in [0.5, 0.6) is 17.4 Å². The molecule has 0 saturated carbocycles. The summed E-state index contributed by atoms with van der Waals surface area (Å²) in [6, 6.07) is 7.43. The Kier molecular flexibility index (Phi) is 5.11. The molecule has 0 aliphatic carbocycles. The fraction of sp³-hybridized carbons (Fsp3) is 0.267. The van der Waals surface area contributed by atoms with E-state index < -0.39 is 0 Å². The van der Waals surface area contributed by atoms with E-state index in [1.54, 1.807) is 27.5 Å². The Bertz CT molecular complexity index is 620.